The molecule has 6 aromatic carbocycles. The summed E-state index contributed by atoms with van der Waals surface area (Å²) in [5.41, 5.74) is 2.22. The van der Waals surface area contributed by atoms with Crippen molar-refractivity contribution in [1.82, 2.24) is 0 Å². The van der Waals surface area contributed by atoms with Gasteiger partial charge in [-0.05, 0) is 0 Å². The average molecular weight is 564 g/mol. The number of hydrogen-bond donors (Lipinski definition) is 0. The maximum absolute atomic E-state index is 5.63. The summed E-state index contributed by atoms with van der Waals surface area (Å²) in [6, 6.07) is 40.0. The van der Waals surface area contributed by atoms with Crippen LogP contribution in [0, 0.1) is 0 Å². The van der Waals surface area contributed by atoms with E-state index in [1.54, 1.807) is 12.5 Å². The van der Waals surface area contributed by atoms with Gasteiger partial charge in [-0.3, -0.25) is 0 Å². The fourth-order valence-electron chi connectivity index (χ4n) is 5.96. The summed E-state index contributed by atoms with van der Waals surface area (Å²) in [6.45, 7) is 0. The Morgan fingerprint density at radius 1 is 0.385 bits per heavy atom. The molecule has 2 nitrogen and oxygen atoms in total. The van der Waals surface area contributed by atoms with Crippen molar-refractivity contribution in [3.63, 3.8) is 0 Å². The third-order valence-electron chi connectivity index (χ3n) is 7.91. The number of rotatable bonds is 2. The zero-order valence-corrected chi connectivity index (χ0v) is 22.5. The Balaban J connectivity index is 1.23. The summed E-state index contributed by atoms with van der Waals surface area (Å²) in [7, 11) is 0. The van der Waals surface area contributed by atoms with Gasteiger partial charge in [-0.1, -0.05) is 0 Å². The third kappa shape index (κ3) is 3.34. The van der Waals surface area contributed by atoms with Crippen LogP contribution in [0.25, 0.3) is 85.0 Å². The van der Waals surface area contributed by atoms with Crippen LogP contribution in [0.4, 0.5) is 0 Å². The summed E-state index contributed by atoms with van der Waals surface area (Å²) in [6.07, 6.45) is 3.46. The predicted octanol–water partition coefficient (Wildman–Crippen LogP) is 10.2. The van der Waals surface area contributed by atoms with Crippen LogP contribution in [-0.4, -0.2) is 14.5 Å². The minimum absolute atomic E-state index is 0.281. The van der Waals surface area contributed by atoms with Gasteiger partial charge >= 0.3 is 230 Å². The van der Waals surface area contributed by atoms with E-state index in [1.807, 2.05) is 24.3 Å². The summed E-state index contributed by atoms with van der Waals surface area (Å²) in [5, 5.41) is 12.9. The summed E-state index contributed by atoms with van der Waals surface area (Å²) in [5.74, 6) is 1.81. The normalized spacial score (nSPS) is 12.1. The van der Waals surface area contributed by atoms with Gasteiger partial charge in [0.25, 0.3) is 0 Å². The molecule has 3 aromatic heterocycles. The van der Waals surface area contributed by atoms with E-state index >= 15 is 0 Å². The Morgan fingerprint density at radius 3 is 1.28 bits per heavy atom. The first-order valence-electron chi connectivity index (χ1n) is 13.0. The van der Waals surface area contributed by atoms with Crippen molar-refractivity contribution in [2.45, 2.75) is 0 Å². The molecule has 0 saturated heterocycles. The van der Waals surface area contributed by atoms with E-state index in [2.05, 4.69) is 84.9 Å². The molecule has 3 heteroatoms. The van der Waals surface area contributed by atoms with E-state index in [9.17, 15) is 0 Å². The van der Waals surface area contributed by atoms with Crippen molar-refractivity contribution in [2.24, 2.45) is 0 Å². The van der Waals surface area contributed by atoms with Crippen molar-refractivity contribution in [3.8, 4) is 22.6 Å². The van der Waals surface area contributed by atoms with Crippen molar-refractivity contribution in [2.75, 3.05) is 0 Å². The second-order valence-corrected chi connectivity index (χ2v) is 12.5. The minimum atomic E-state index is 0.281. The van der Waals surface area contributed by atoms with Crippen LogP contribution < -0.4 is 0 Å². The molecule has 9 aromatic rings. The Labute approximate surface area is 229 Å². The van der Waals surface area contributed by atoms with Crippen LogP contribution in [0.1, 0.15) is 0 Å². The fraction of sp³-hybridized carbons (Fsp3) is 0. The Kier molecular flexibility index (Phi) is 4.37. The van der Waals surface area contributed by atoms with Crippen molar-refractivity contribution in [3.05, 3.63) is 122 Å². The fourth-order valence-corrected chi connectivity index (χ4v) is 8.40. The topological polar surface area (TPSA) is 26.3 Å². The van der Waals surface area contributed by atoms with Gasteiger partial charge in [0, 0.05) is 0 Å². The Bertz CT molecular complexity index is 2200. The van der Waals surface area contributed by atoms with E-state index in [4.69, 9.17) is 8.83 Å². The molecular formula is C36H20O2Se. The standard InChI is InChI=1S/C36H20O2Se/c1-3-33(37-9-1)23-7-5-21-11-27-17-31-32-18-28-12-22-6-8-24(34-4-2-10-38-34)14-26(22)16-30(28)20-36(32)39-35(31)19-29(27)15-25(21)13-23/h1-20H. The van der Waals surface area contributed by atoms with Crippen molar-refractivity contribution < 1.29 is 8.83 Å². The van der Waals surface area contributed by atoms with Crippen LogP contribution in [0.15, 0.2) is 131 Å². The first kappa shape index (κ1) is 21.4. The molecule has 39 heavy (non-hydrogen) atoms. The molecule has 0 unspecified atom stereocenters. The number of hydrogen-bond acceptors (Lipinski definition) is 2. The summed E-state index contributed by atoms with van der Waals surface area (Å²) in [4.78, 5) is 0. The molecule has 9 rings (SSSR count). The summed E-state index contributed by atoms with van der Waals surface area (Å²) >= 11 is 0.281. The molecule has 0 aliphatic rings. The molecule has 0 aliphatic carbocycles. The molecule has 0 bridgehead atoms. The molecule has 0 amide bonds. The van der Waals surface area contributed by atoms with Gasteiger partial charge < -0.3 is 0 Å². The van der Waals surface area contributed by atoms with Crippen LogP contribution in [-0.2, 0) is 0 Å². The van der Waals surface area contributed by atoms with Crippen molar-refractivity contribution >= 4 is 76.9 Å². The van der Waals surface area contributed by atoms with Crippen molar-refractivity contribution in [1.29, 1.82) is 0 Å². The number of fused-ring (bicyclic) bond motifs is 7. The zero-order valence-electron chi connectivity index (χ0n) is 20.8. The molecular weight excluding hydrogens is 543 g/mol. The Morgan fingerprint density at radius 2 is 0.821 bits per heavy atom. The van der Waals surface area contributed by atoms with Gasteiger partial charge in [-0.25, -0.2) is 0 Å². The molecule has 0 saturated carbocycles. The van der Waals surface area contributed by atoms with Gasteiger partial charge in [0.1, 0.15) is 0 Å². The van der Waals surface area contributed by atoms with E-state index in [0.29, 0.717) is 0 Å². The van der Waals surface area contributed by atoms with Gasteiger partial charge in [-0.2, -0.15) is 0 Å². The van der Waals surface area contributed by atoms with E-state index < -0.39 is 0 Å². The van der Waals surface area contributed by atoms with Crippen LogP contribution in [0.5, 0.6) is 0 Å². The zero-order chi connectivity index (χ0) is 25.5. The first-order chi connectivity index (χ1) is 19.2. The second kappa shape index (κ2) is 7.97. The van der Waals surface area contributed by atoms with Crippen LogP contribution in [0.3, 0.4) is 0 Å². The van der Waals surface area contributed by atoms with E-state index in [-0.39, 0.29) is 14.5 Å². The molecule has 0 spiro atoms. The summed E-state index contributed by atoms with van der Waals surface area (Å²) < 4.78 is 14.2. The first-order valence-corrected chi connectivity index (χ1v) is 14.8. The average Bonchev–Trinajstić information content (AvgIpc) is 3.74. The van der Waals surface area contributed by atoms with E-state index in [0.717, 1.165) is 22.6 Å². The van der Waals surface area contributed by atoms with Crippen LogP contribution in [0.2, 0.25) is 0 Å². The third-order valence-corrected chi connectivity index (χ3v) is 10.2. The van der Waals surface area contributed by atoms with Gasteiger partial charge in [0.2, 0.25) is 0 Å². The van der Waals surface area contributed by atoms with Gasteiger partial charge in [-0.15, -0.1) is 0 Å². The van der Waals surface area contributed by atoms with Gasteiger partial charge in [0.05, 0.1) is 0 Å². The number of furan rings is 2. The molecule has 0 aliphatic heterocycles. The Hall–Kier alpha value is -4.56. The molecule has 3 heterocycles. The molecule has 0 N–H and O–H groups in total. The molecule has 182 valence electrons. The predicted molar refractivity (Wildman–Crippen MR) is 164 cm³/mol. The number of benzene rings is 6. The van der Waals surface area contributed by atoms with Crippen LogP contribution >= 0.6 is 0 Å². The maximum atomic E-state index is 5.63. The SMILES string of the molecule is c1coc(-c2ccc3cc4cc5c(cc4cc3c2)[se]c2cc3cc4cc(-c6ccco6)ccc4cc3cc25)c1. The van der Waals surface area contributed by atoms with E-state index in [1.165, 1.54) is 62.4 Å². The molecule has 0 atom stereocenters. The van der Waals surface area contributed by atoms with Gasteiger partial charge in [0.15, 0.2) is 0 Å². The second-order valence-electron chi connectivity index (χ2n) is 10.3. The molecule has 0 fully saturated rings. The monoisotopic (exact) mass is 564 g/mol. The molecule has 0 radical (unpaired) electrons. The quantitative estimate of drug-likeness (QED) is 0.155.